The molecule has 1 aromatic carbocycles. The number of ether oxygens (including phenoxy) is 1. The molecule has 2 aromatic rings. The van der Waals surface area contributed by atoms with E-state index in [-0.39, 0.29) is 5.63 Å². The van der Waals surface area contributed by atoms with Crippen molar-refractivity contribution < 1.29 is 9.15 Å². The van der Waals surface area contributed by atoms with Gasteiger partial charge < -0.3 is 9.15 Å². The van der Waals surface area contributed by atoms with E-state index in [0.717, 1.165) is 41.3 Å². The van der Waals surface area contributed by atoms with Crippen molar-refractivity contribution in [1.82, 2.24) is 0 Å². The van der Waals surface area contributed by atoms with Crippen molar-refractivity contribution in [2.24, 2.45) is 0 Å². The van der Waals surface area contributed by atoms with Crippen molar-refractivity contribution in [2.75, 3.05) is 6.61 Å². The molecule has 0 radical (unpaired) electrons. The molecular weight excluding hydrogens is 276 g/mol. The van der Waals surface area contributed by atoms with E-state index in [4.69, 9.17) is 20.8 Å². The van der Waals surface area contributed by atoms with Gasteiger partial charge in [0.1, 0.15) is 17.9 Å². The molecule has 1 aliphatic carbocycles. The zero-order valence-electron chi connectivity index (χ0n) is 11.3. The predicted molar refractivity (Wildman–Crippen MR) is 79.8 cm³/mol. The summed E-state index contributed by atoms with van der Waals surface area (Å²) >= 11 is 6.25. The third-order valence-corrected chi connectivity index (χ3v) is 3.80. The molecule has 0 aliphatic heterocycles. The van der Waals surface area contributed by atoms with E-state index in [1.54, 1.807) is 6.07 Å². The Balaban J connectivity index is 2.14. The van der Waals surface area contributed by atoms with Crippen LogP contribution < -0.4 is 10.4 Å². The summed E-state index contributed by atoms with van der Waals surface area (Å²) in [5.74, 6) is 0.517. The summed E-state index contributed by atoms with van der Waals surface area (Å²) in [6.45, 7) is 6.05. The first kappa shape index (κ1) is 13.3. The Morgan fingerprint density at radius 2 is 2.15 bits per heavy atom. The van der Waals surface area contributed by atoms with Crippen molar-refractivity contribution in [3.63, 3.8) is 0 Å². The molecule has 0 bridgehead atoms. The zero-order valence-corrected chi connectivity index (χ0v) is 12.0. The lowest BCUT2D eigenvalue weighted by Crippen LogP contribution is -2.07. The fourth-order valence-corrected chi connectivity index (χ4v) is 2.81. The topological polar surface area (TPSA) is 39.4 Å². The summed E-state index contributed by atoms with van der Waals surface area (Å²) in [4.78, 5) is 11.9. The van der Waals surface area contributed by atoms with Crippen molar-refractivity contribution in [3.05, 3.63) is 50.9 Å². The van der Waals surface area contributed by atoms with Gasteiger partial charge in [-0.1, -0.05) is 18.2 Å². The van der Waals surface area contributed by atoms with Crippen LogP contribution in [0.4, 0.5) is 0 Å². The van der Waals surface area contributed by atoms with Crippen LogP contribution in [0.2, 0.25) is 5.02 Å². The van der Waals surface area contributed by atoms with Crippen LogP contribution in [0.5, 0.6) is 5.75 Å². The highest BCUT2D eigenvalue weighted by atomic mass is 35.5. The van der Waals surface area contributed by atoms with Crippen LogP contribution in [0.1, 0.15) is 24.5 Å². The van der Waals surface area contributed by atoms with Gasteiger partial charge in [0.05, 0.1) is 5.02 Å². The smallest absolute Gasteiger partial charge is 0.339 e. The largest absolute Gasteiger partial charge is 0.488 e. The van der Waals surface area contributed by atoms with Crippen LogP contribution in [0.3, 0.4) is 0 Å². The summed E-state index contributed by atoms with van der Waals surface area (Å²) in [6.07, 6.45) is 2.68. The number of fused-ring (bicyclic) bond motifs is 3. The molecule has 3 rings (SSSR count). The van der Waals surface area contributed by atoms with Crippen LogP contribution in [0.25, 0.3) is 11.0 Å². The van der Waals surface area contributed by atoms with E-state index < -0.39 is 0 Å². The molecule has 104 valence electrons. The quantitative estimate of drug-likeness (QED) is 0.636. The van der Waals surface area contributed by atoms with E-state index in [1.807, 2.05) is 13.0 Å². The van der Waals surface area contributed by atoms with Gasteiger partial charge in [0.15, 0.2) is 0 Å². The summed E-state index contributed by atoms with van der Waals surface area (Å²) in [5.41, 5.74) is 3.07. The maximum Gasteiger partial charge on any atom is 0.339 e. The van der Waals surface area contributed by atoms with Gasteiger partial charge in [-0.3, -0.25) is 0 Å². The minimum atomic E-state index is -0.238. The van der Waals surface area contributed by atoms with E-state index in [0.29, 0.717) is 23.0 Å². The van der Waals surface area contributed by atoms with Crippen LogP contribution in [-0.4, -0.2) is 6.61 Å². The molecule has 1 heterocycles. The van der Waals surface area contributed by atoms with Gasteiger partial charge in [0, 0.05) is 17.0 Å². The highest BCUT2D eigenvalue weighted by Gasteiger charge is 2.20. The second kappa shape index (κ2) is 4.98. The molecule has 4 heteroatoms. The van der Waals surface area contributed by atoms with Gasteiger partial charge in [0.25, 0.3) is 0 Å². The van der Waals surface area contributed by atoms with E-state index >= 15 is 0 Å². The standard InChI is InChI=1S/C16H15ClO3/c1-9(2)8-19-15-7-14-12(6-13(15)17)10-4-3-5-11(10)16(18)20-14/h6-7H,1,3-5,8H2,2H3. The molecule has 3 nitrogen and oxygen atoms in total. The summed E-state index contributed by atoms with van der Waals surface area (Å²) in [5, 5.41) is 1.45. The van der Waals surface area contributed by atoms with Crippen molar-refractivity contribution in [1.29, 1.82) is 0 Å². The molecule has 1 aromatic heterocycles. The third kappa shape index (κ3) is 2.22. The number of rotatable bonds is 3. The highest BCUT2D eigenvalue weighted by molar-refractivity contribution is 6.32. The second-order valence-electron chi connectivity index (χ2n) is 5.22. The first-order chi connectivity index (χ1) is 9.56. The third-order valence-electron chi connectivity index (χ3n) is 3.50. The van der Waals surface area contributed by atoms with Gasteiger partial charge in [0.2, 0.25) is 0 Å². The first-order valence-corrected chi connectivity index (χ1v) is 6.99. The van der Waals surface area contributed by atoms with E-state index in [1.165, 1.54) is 0 Å². The molecule has 0 saturated carbocycles. The van der Waals surface area contributed by atoms with Crippen LogP contribution in [0.15, 0.2) is 33.5 Å². The Hall–Kier alpha value is -1.74. The minimum absolute atomic E-state index is 0.238. The molecule has 0 amide bonds. The zero-order chi connectivity index (χ0) is 14.3. The van der Waals surface area contributed by atoms with Crippen LogP contribution in [-0.2, 0) is 12.8 Å². The monoisotopic (exact) mass is 290 g/mol. The lowest BCUT2D eigenvalue weighted by Gasteiger charge is -2.10. The Morgan fingerprint density at radius 1 is 1.40 bits per heavy atom. The molecule has 0 atom stereocenters. The summed E-state index contributed by atoms with van der Waals surface area (Å²) < 4.78 is 11.0. The normalized spacial score (nSPS) is 13.5. The molecule has 0 fully saturated rings. The fourth-order valence-electron chi connectivity index (χ4n) is 2.59. The average Bonchev–Trinajstić information content (AvgIpc) is 2.87. The number of aryl methyl sites for hydroxylation is 1. The maximum atomic E-state index is 11.9. The summed E-state index contributed by atoms with van der Waals surface area (Å²) in [6, 6.07) is 3.53. The van der Waals surface area contributed by atoms with Crippen LogP contribution in [0, 0.1) is 0 Å². The Labute approximate surface area is 121 Å². The van der Waals surface area contributed by atoms with E-state index in [2.05, 4.69) is 6.58 Å². The van der Waals surface area contributed by atoms with Gasteiger partial charge >= 0.3 is 5.63 Å². The lowest BCUT2D eigenvalue weighted by molar-refractivity contribution is 0.352. The van der Waals surface area contributed by atoms with Gasteiger partial charge in [-0.05, 0) is 43.4 Å². The number of benzene rings is 1. The molecule has 0 unspecified atom stereocenters. The molecule has 0 spiro atoms. The van der Waals surface area contributed by atoms with E-state index in [9.17, 15) is 4.79 Å². The van der Waals surface area contributed by atoms with Crippen molar-refractivity contribution in [3.8, 4) is 5.75 Å². The van der Waals surface area contributed by atoms with Crippen molar-refractivity contribution >= 4 is 22.6 Å². The number of halogens is 1. The molecule has 0 N–H and O–H groups in total. The van der Waals surface area contributed by atoms with Gasteiger partial charge in [-0.15, -0.1) is 0 Å². The first-order valence-electron chi connectivity index (χ1n) is 6.61. The second-order valence-corrected chi connectivity index (χ2v) is 5.63. The van der Waals surface area contributed by atoms with Crippen LogP contribution >= 0.6 is 11.6 Å². The van der Waals surface area contributed by atoms with Crippen molar-refractivity contribution in [2.45, 2.75) is 26.2 Å². The van der Waals surface area contributed by atoms with Gasteiger partial charge in [-0.2, -0.15) is 0 Å². The lowest BCUT2D eigenvalue weighted by atomic mass is 10.1. The Bertz CT molecular complexity index is 758. The predicted octanol–water partition coefficient (Wildman–Crippen LogP) is 3.89. The fraction of sp³-hybridized carbons (Fsp3) is 0.312. The minimum Gasteiger partial charge on any atom is -0.488 e. The SMILES string of the molecule is C=C(C)COc1cc2oc(=O)c3c(c2cc1Cl)CCC3. The van der Waals surface area contributed by atoms with Gasteiger partial charge in [-0.25, -0.2) is 4.79 Å². The maximum absolute atomic E-state index is 11.9. The number of hydrogen-bond acceptors (Lipinski definition) is 3. The molecular formula is C16H15ClO3. The molecule has 20 heavy (non-hydrogen) atoms. The Morgan fingerprint density at radius 3 is 2.90 bits per heavy atom. The Kier molecular flexibility index (Phi) is 3.30. The molecule has 0 saturated heterocycles. The number of hydrogen-bond donors (Lipinski definition) is 0. The summed E-state index contributed by atoms with van der Waals surface area (Å²) in [7, 11) is 0. The molecule has 1 aliphatic rings. The average molecular weight is 291 g/mol. The highest BCUT2D eigenvalue weighted by Crippen LogP contribution is 2.34.